The van der Waals surface area contributed by atoms with E-state index in [0.717, 1.165) is 36.8 Å². The molecule has 0 radical (unpaired) electrons. The highest BCUT2D eigenvalue weighted by atomic mass is 79.9. The Morgan fingerprint density at radius 2 is 2.05 bits per heavy atom. The second-order valence-corrected chi connectivity index (χ2v) is 6.93. The third-order valence-corrected chi connectivity index (χ3v) is 5.29. The number of nitrogens with one attached hydrogen (secondary N) is 1. The standard InChI is InChI=1S/C13H18BrNO3S/c14-10-11-3-5-13(6-4-11)19(16,17)15-8-7-12-2-1-9-18-12/h3-6,12,15H,1-2,7-10H2. The smallest absolute Gasteiger partial charge is 0.240 e. The van der Waals surface area contributed by atoms with Gasteiger partial charge in [0.2, 0.25) is 10.0 Å². The second-order valence-electron chi connectivity index (χ2n) is 4.60. The maximum Gasteiger partial charge on any atom is 0.240 e. The molecular weight excluding hydrogens is 330 g/mol. The number of rotatable bonds is 6. The minimum Gasteiger partial charge on any atom is -0.378 e. The first kappa shape index (κ1) is 15.0. The van der Waals surface area contributed by atoms with Gasteiger partial charge in [0, 0.05) is 18.5 Å². The van der Waals surface area contributed by atoms with E-state index in [1.807, 2.05) is 12.1 Å². The van der Waals surface area contributed by atoms with Crippen LogP contribution in [-0.2, 0) is 20.1 Å². The SMILES string of the molecule is O=S(=O)(NCCC1CCCO1)c1ccc(CBr)cc1. The molecule has 106 valence electrons. The summed E-state index contributed by atoms with van der Waals surface area (Å²) in [5.41, 5.74) is 1.05. The molecule has 1 unspecified atom stereocenters. The van der Waals surface area contributed by atoms with Gasteiger partial charge in [-0.05, 0) is 37.0 Å². The highest BCUT2D eigenvalue weighted by molar-refractivity contribution is 9.08. The molecule has 1 heterocycles. The lowest BCUT2D eigenvalue weighted by atomic mass is 10.2. The summed E-state index contributed by atoms with van der Waals surface area (Å²) < 4.78 is 32.2. The van der Waals surface area contributed by atoms with Crippen molar-refractivity contribution in [3.8, 4) is 0 Å². The third-order valence-electron chi connectivity index (χ3n) is 3.17. The van der Waals surface area contributed by atoms with Gasteiger partial charge in [0.25, 0.3) is 0 Å². The van der Waals surface area contributed by atoms with E-state index in [-0.39, 0.29) is 6.10 Å². The van der Waals surface area contributed by atoms with Gasteiger partial charge in [-0.25, -0.2) is 13.1 Å². The second kappa shape index (κ2) is 6.83. The topological polar surface area (TPSA) is 55.4 Å². The van der Waals surface area contributed by atoms with Crippen LogP contribution >= 0.6 is 15.9 Å². The van der Waals surface area contributed by atoms with Gasteiger partial charge in [-0.3, -0.25) is 0 Å². The van der Waals surface area contributed by atoms with Crippen molar-refractivity contribution >= 4 is 26.0 Å². The molecule has 6 heteroatoms. The third kappa shape index (κ3) is 4.27. The molecule has 1 N–H and O–H groups in total. The average Bonchev–Trinajstić information content (AvgIpc) is 2.92. The minimum absolute atomic E-state index is 0.207. The van der Waals surface area contributed by atoms with Gasteiger partial charge in [0.05, 0.1) is 11.0 Å². The Labute approximate surface area is 122 Å². The van der Waals surface area contributed by atoms with E-state index < -0.39 is 10.0 Å². The number of benzene rings is 1. The summed E-state index contributed by atoms with van der Waals surface area (Å²) in [6, 6.07) is 6.88. The Kier molecular flexibility index (Phi) is 5.38. The first-order valence-electron chi connectivity index (χ1n) is 6.38. The summed E-state index contributed by atoms with van der Waals surface area (Å²) >= 11 is 3.33. The monoisotopic (exact) mass is 347 g/mol. The molecule has 0 aromatic heterocycles. The normalized spacial score (nSPS) is 19.7. The molecule has 1 aromatic rings. The lowest BCUT2D eigenvalue weighted by Gasteiger charge is -2.10. The Balaban J connectivity index is 1.89. The van der Waals surface area contributed by atoms with Crippen LogP contribution in [0.25, 0.3) is 0 Å². The van der Waals surface area contributed by atoms with Crippen molar-refractivity contribution in [3.63, 3.8) is 0 Å². The minimum atomic E-state index is -3.40. The summed E-state index contributed by atoms with van der Waals surface area (Å²) in [5.74, 6) is 0. The lowest BCUT2D eigenvalue weighted by Crippen LogP contribution is -2.27. The number of alkyl halides is 1. The zero-order chi connectivity index (χ0) is 13.7. The quantitative estimate of drug-likeness (QED) is 0.804. The first-order valence-corrected chi connectivity index (χ1v) is 8.98. The maximum atomic E-state index is 12.0. The summed E-state index contributed by atoms with van der Waals surface area (Å²) in [4.78, 5) is 0.310. The highest BCUT2D eigenvalue weighted by Gasteiger charge is 2.17. The van der Waals surface area contributed by atoms with Gasteiger partial charge in [-0.1, -0.05) is 28.1 Å². The molecule has 0 saturated carbocycles. The number of hydrogen-bond donors (Lipinski definition) is 1. The largest absolute Gasteiger partial charge is 0.378 e. The fraction of sp³-hybridized carbons (Fsp3) is 0.538. The molecule has 2 rings (SSSR count). The Morgan fingerprint density at radius 3 is 2.63 bits per heavy atom. The molecule has 1 saturated heterocycles. The zero-order valence-electron chi connectivity index (χ0n) is 10.6. The molecular formula is C13H18BrNO3S. The van der Waals surface area contributed by atoms with Crippen LogP contribution in [-0.4, -0.2) is 27.7 Å². The van der Waals surface area contributed by atoms with E-state index in [9.17, 15) is 8.42 Å². The van der Waals surface area contributed by atoms with E-state index >= 15 is 0 Å². The van der Waals surface area contributed by atoms with Crippen LogP contribution in [0.1, 0.15) is 24.8 Å². The molecule has 0 amide bonds. The van der Waals surface area contributed by atoms with Crippen molar-refractivity contribution in [1.29, 1.82) is 0 Å². The van der Waals surface area contributed by atoms with Crippen molar-refractivity contribution in [2.24, 2.45) is 0 Å². The number of ether oxygens (including phenoxy) is 1. The number of hydrogen-bond acceptors (Lipinski definition) is 3. The molecule has 0 bridgehead atoms. The molecule has 0 spiro atoms. The van der Waals surface area contributed by atoms with Crippen molar-refractivity contribution in [1.82, 2.24) is 4.72 Å². The van der Waals surface area contributed by atoms with Gasteiger partial charge in [-0.15, -0.1) is 0 Å². The fourth-order valence-electron chi connectivity index (χ4n) is 2.07. The molecule has 0 aliphatic carbocycles. The molecule has 19 heavy (non-hydrogen) atoms. The molecule has 1 aliphatic heterocycles. The van der Waals surface area contributed by atoms with E-state index in [1.54, 1.807) is 12.1 Å². The summed E-state index contributed by atoms with van der Waals surface area (Å²) in [5, 5.41) is 0.722. The molecule has 1 fully saturated rings. The average molecular weight is 348 g/mol. The number of sulfonamides is 1. The van der Waals surface area contributed by atoms with Gasteiger partial charge in [0.15, 0.2) is 0 Å². The Bertz CT molecular complexity index is 495. The Morgan fingerprint density at radius 1 is 1.32 bits per heavy atom. The predicted molar refractivity (Wildman–Crippen MR) is 77.9 cm³/mol. The van der Waals surface area contributed by atoms with Gasteiger partial charge in [-0.2, -0.15) is 0 Å². The fourth-order valence-corrected chi connectivity index (χ4v) is 3.49. The highest BCUT2D eigenvalue weighted by Crippen LogP contribution is 2.16. The van der Waals surface area contributed by atoms with Crippen LogP contribution in [0, 0.1) is 0 Å². The van der Waals surface area contributed by atoms with E-state index in [1.165, 1.54) is 0 Å². The van der Waals surface area contributed by atoms with Crippen LogP contribution < -0.4 is 4.72 Å². The van der Waals surface area contributed by atoms with Crippen molar-refractivity contribution in [2.75, 3.05) is 13.2 Å². The molecule has 1 aliphatic rings. The summed E-state index contributed by atoms with van der Waals surface area (Å²) in [6.07, 6.45) is 3.05. The van der Waals surface area contributed by atoms with E-state index in [2.05, 4.69) is 20.7 Å². The van der Waals surface area contributed by atoms with Crippen LogP contribution in [0.15, 0.2) is 29.2 Å². The van der Waals surface area contributed by atoms with Crippen molar-refractivity contribution < 1.29 is 13.2 Å². The van der Waals surface area contributed by atoms with Gasteiger partial charge >= 0.3 is 0 Å². The number of halogens is 1. The van der Waals surface area contributed by atoms with Gasteiger partial charge in [0.1, 0.15) is 0 Å². The predicted octanol–water partition coefficient (Wildman–Crippen LogP) is 2.43. The van der Waals surface area contributed by atoms with Crippen LogP contribution in [0.4, 0.5) is 0 Å². The zero-order valence-corrected chi connectivity index (χ0v) is 13.0. The van der Waals surface area contributed by atoms with E-state index in [4.69, 9.17) is 4.74 Å². The van der Waals surface area contributed by atoms with Crippen LogP contribution in [0.5, 0.6) is 0 Å². The van der Waals surface area contributed by atoms with Crippen LogP contribution in [0.3, 0.4) is 0 Å². The molecule has 4 nitrogen and oxygen atoms in total. The lowest BCUT2D eigenvalue weighted by molar-refractivity contribution is 0.105. The molecule has 1 atom stereocenters. The van der Waals surface area contributed by atoms with Crippen molar-refractivity contribution in [3.05, 3.63) is 29.8 Å². The first-order chi connectivity index (χ1) is 9.12. The summed E-state index contributed by atoms with van der Waals surface area (Å²) in [7, 11) is -3.40. The van der Waals surface area contributed by atoms with E-state index in [0.29, 0.717) is 11.4 Å². The maximum absolute atomic E-state index is 12.0. The van der Waals surface area contributed by atoms with Crippen LogP contribution in [0.2, 0.25) is 0 Å². The molecule has 1 aromatic carbocycles. The Hall–Kier alpha value is -0.430. The van der Waals surface area contributed by atoms with Crippen molar-refractivity contribution in [2.45, 2.75) is 35.6 Å². The summed E-state index contributed by atoms with van der Waals surface area (Å²) in [6.45, 7) is 1.22. The van der Waals surface area contributed by atoms with Gasteiger partial charge < -0.3 is 4.74 Å².